The molecule has 0 amide bonds. The van der Waals surface area contributed by atoms with Crippen molar-refractivity contribution in [2.75, 3.05) is 6.61 Å². The van der Waals surface area contributed by atoms with E-state index in [1.54, 1.807) is 4.57 Å². The van der Waals surface area contributed by atoms with E-state index in [9.17, 15) is 15.0 Å². The van der Waals surface area contributed by atoms with E-state index in [2.05, 4.69) is 21.9 Å². The molecule has 9 nitrogen and oxygen atoms in total. The Morgan fingerprint density at radius 2 is 1.63 bits per heavy atom. The molecule has 1 saturated heterocycles. The first-order chi connectivity index (χ1) is 17.1. The summed E-state index contributed by atoms with van der Waals surface area (Å²) in [5.41, 5.74) is 0.702. The van der Waals surface area contributed by atoms with Crippen LogP contribution in [-0.2, 0) is 14.3 Å². The van der Waals surface area contributed by atoms with Gasteiger partial charge in [0.1, 0.15) is 25.3 Å². The van der Waals surface area contributed by atoms with Gasteiger partial charge in [0.25, 0.3) is 0 Å². The Kier molecular flexibility index (Phi) is 11.7. The second-order valence-electron chi connectivity index (χ2n) is 9.63. The molecule has 0 bridgehead atoms. The molecule has 196 valence electrons. The lowest BCUT2D eigenvalue weighted by atomic mass is 10.0. The molecule has 2 aromatic rings. The first-order valence-electron chi connectivity index (χ1n) is 13.5. The normalized spacial score (nSPS) is 20.0. The maximum Gasteiger partial charge on any atom is 0.305 e. The zero-order valence-electron chi connectivity index (χ0n) is 21.1. The number of carbonyl (C=O) groups excluding carboxylic acids is 1. The summed E-state index contributed by atoms with van der Waals surface area (Å²) in [7, 11) is 0. The highest BCUT2D eigenvalue weighted by atomic mass is 16.6. The molecule has 1 fully saturated rings. The van der Waals surface area contributed by atoms with E-state index >= 15 is 0 Å². The number of aliphatic hydroxyl groups is 1. The van der Waals surface area contributed by atoms with Crippen LogP contribution in [0, 0.1) is 0 Å². The van der Waals surface area contributed by atoms with E-state index in [0.717, 1.165) is 19.3 Å². The van der Waals surface area contributed by atoms with Gasteiger partial charge in [-0.15, -0.1) is 0 Å². The number of nitrogens with zero attached hydrogens (tertiary/aromatic N) is 4. The van der Waals surface area contributed by atoms with Crippen LogP contribution in [-0.4, -0.2) is 54.5 Å². The quantitative estimate of drug-likeness (QED) is 0.229. The highest BCUT2D eigenvalue weighted by molar-refractivity contribution is 5.75. The lowest BCUT2D eigenvalue weighted by Gasteiger charge is -2.16. The molecule has 0 aliphatic carbocycles. The molecule has 0 spiro atoms. The van der Waals surface area contributed by atoms with Crippen LogP contribution in [0.5, 0.6) is 5.88 Å². The number of aromatic nitrogens is 4. The molecule has 3 atom stereocenters. The van der Waals surface area contributed by atoms with Crippen molar-refractivity contribution >= 4 is 17.1 Å². The highest BCUT2D eigenvalue weighted by Crippen LogP contribution is 2.32. The average Bonchev–Trinajstić information content (AvgIpc) is 3.44. The van der Waals surface area contributed by atoms with Crippen molar-refractivity contribution in [2.45, 2.75) is 122 Å². The van der Waals surface area contributed by atoms with Crippen molar-refractivity contribution in [3.63, 3.8) is 0 Å². The number of imidazole rings is 1. The Labute approximate surface area is 208 Å². The predicted octanol–water partition coefficient (Wildman–Crippen LogP) is 5.20. The van der Waals surface area contributed by atoms with E-state index in [4.69, 9.17) is 9.47 Å². The molecule has 3 rings (SSSR count). The largest absolute Gasteiger partial charge is 0.492 e. The standard InChI is InChI=1S/C26H42N4O5/c1-2-3-4-5-6-7-8-9-10-11-12-13-14-15-23(32)34-17-21-20(31)16-22(35-21)30-19-29-24-25(30)27-18-28-26(24)33/h18-22,31H,2-17H2,1H3,(H,27,28,33)/t20-,21+,22+/m0/s1. The molecule has 1 aliphatic heterocycles. The van der Waals surface area contributed by atoms with Crippen molar-refractivity contribution < 1.29 is 24.5 Å². The number of carbonyl (C=O) groups is 1. The molecule has 9 heteroatoms. The van der Waals surface area contributed by atoms with E-state index in [-0.39, 0.29) is 24.0 Å². The van der Waals surface area contributed by atoms with Crippen molar-refractivity contribution in [1.29, 1.82) is 0 Å². The number of fused-ring (bicyclic) bond motifs is 1. The van der Waals surface area contributed by atoms with E-state index < -0.39 is 18.4 Å². The highest BCUT2D eigenvalue weighted by Gasteiger charge is 2.36. The second-order valence-corrected chi connectivity index (χ2v) is 9.63. The molecule has 0 unspecified atom stereocenters. The molecule has 0 radical (unpaired) electrons. The number of aromatic hydroxyl groups is 1. The van der Waals surface area contributed by atoms with Crippen molar-refractivity contribution in [3.8, 4) is 5.88 Å². The van der Waals surface area contributed by atoms with Crippen LogP contribution in [0.1, 0.15) is 109 Å². The molecule has 35 heavy (non-hydrogen) atoms. The minimum Gasteiger partial charge on any atom is -0.492 e. The van der Waals surface area contributed by atoms with E-state index in [0.29, 0.717) is 18.5 Å². The number of hydrogen-bond acceptors (Lipinski definition) is 8. The van der Waals surface area contributed by atoms with E-state index in [1.165, 1.54) is 76.9 Å². The molecule has 0 aromatic carbocycles. The van der Waals surface area contributed by atoms with Crippen LogP contribution < -0.4 is 0 Å². The maximum atomic E-state index is 12.1. The van der Waals surface area contributed by atoms with Gasteiger partial charge in [0.05, 0.1) is 12.4 Å². The Balaban J connectivity index is 1.22. The number of hydrogen-bond donors (Lipinski definition) is 2. The van der Waals surface area contributed by atoms with Gasteiger partial charge < -0.3 is 19.7 Å². The van der Waals surface area contributed by atoms with Crippen molar-refractivity contribution in [2.24, 2.45) is 0 Å². The van der Waals surface area contributed by atoms with Crippen molar-refractivity contribution in [1.82, 2.24) is 19.5 Å². The van der Waals surface area contributed by atoms with Gasteiger partial charge in [0, 0.05) is 12.8 Å². The maximum absolute atomic E-state index is 12.1. The fourth-order valence-electron chi connectivity index (χ4n) is 4.62. The molecular weight excluding hydrogens is 448 g/mol. The topological polar surface area (TPSA) is 120 Å². The smallest absolute Gasteiger partial charge is 0.305 e. The Morgan fingerprint density at radius 3 is 2.29 bits per heavy atom. The van der Waals surface area contributed by atoms with Crippen molar-refractivity contribution in [3.05, 3.63) is 12.7 Å². The third kappa shape index (κ3) is 8.72. The minimum absolute atomic E-state index is 0.0157. The van der Waals surface area contributed by atoms with Gasteiger partial charge in [0.15, 0.2) is 11.2 Å². The van der Waals surface area contributed by atoms with Gasteiger partial charge in [-0.3, -0.25) is 9.36 Å². The predicted molar refractivity (Wildman–Crippen MR) is 133 cm³/mol. The summed E-state index contributed by atoms with van der Waals surface area (Å²) >= 11 is 0. The van der Waals surface area contributed by atoms with Crippen LogP contribution in [0.25, 0.3) is 11.2 Å². The monoisotopic (exact) mass is 490 g/mol. The van der Waals surface area contributed by atoms with Gasteiger partial charge in [-0.2, -0.15) is 4.98 Å². The fourth-order valence-corrected chi connectivity index (χ4v) is 4.62. The number of esters is 1. The summed E-state index contributed by atoms with van der Waals surface area (Å²) in [5.74, 6) is -0.455. The molecule has 3 heterocycles. The number of unbranched alkanes of at least 4 members (excludes halogenated alkanes) is 12. The fraction of sp³-hybridized carbons (Fsp3) is 0.769. The summed E-state index contributed by atoms with van der Waals surface area (Å²) in [5, 5.41) is 20.2. The summed E-state index contributed by atoms with van der Waals surface area (Å²) in [6.07, 6.45) is 18.0. The van der Waals surface area contributed by atoms with Crippen LogP contribution in [0.3, 0.4) is 0 Å². The first kappa shape index (κ1) is 27.3. The minimum atomic E-state index is -0.767. The SMILES string of the molecule is CCCCCCCCCCCCCCCC(=O)OC[C@H]1O[C@@H](n2cnc3c(O)ncnc32)C[C@@H]1O. The zero-order valence-corrected chi connectivity index (χ0v) is 21.1. The lowest BCUT2D eigenvalue weighted by molar-refractivity contribution is -0.150. The van der Waals surface area contributed by atoms with Gasteiger partial charge in [-0.25, -0.2) is 9.97 Å². The second kappa shape index (κ2) is 15.0. The van der Waals surface area contributed by atoms with Gasteiger partial charge in [0.2, 0.25) is 5.88 Å². The molecule has 1 aliphatic rings. The molecular formula is C26H42N4O5. The summed E-state index contributed by atoms with van der Waals surface area (Å²) < 4.78 is 12.9. The first-order valence-corrected chi connectivity index (χ1v) is 13.5. The summed E-state index contributed by atoms with van der Waals surface area (Å²) in [4.78, 5) is 24.1. The number of ether oxygens (including phenoxy) is 2. The molecule has 2 aromatic heterocycles. The molecule has 2 N–H and O–H groups in total. The van der Waals surface area contributed by atoms with Gasteiger partial charge in [-0.1, -0.05) is 84.0 Å². The van der Waals surface area contributed by atoms with Gasteiger partial charge >= 0.3 is 5.97 Å². The Bertz CT molecular complexity index is 890. The average molecular weight is 491 g/mol. The molecule has 0 saturated carbocycles. The van der Waals surface area contributed by atoms with Crippen LogP contribution >= 0.6 is 0 Å². The van der Waals surface area contributed by atoms with Crippen LogP contribution in [0.2, 0.25) is 0 Å². The van der Waals surface area contributed by atoms with E-state index in [1.807, 2.05) is 0 Å². The summed E-state index contributed by atoms with van der Waals surface area (Å²) in [6.45, 7) is 2.27. The Hall–Kier alpha value is -2.26. The lowest BCUT2D eigenvalue weighted by Crippen LogP contribution is -2.27. The third-order valence-corrected chi connectivity index (χ3v) is 6.75. The Morgan fingerprint density at radius 1 is 1.00 bits per heavy atom. The zero-order chi connectivity index (χ0) is 24.9. The van der Waals surface area contributed by atoms with Gasteiger partial charge in [-0.05, 0) is 6.42 Å². The third-order valence-electron chi connectivity index (χ3n) is 6.75. The van der Waals surface area contributed by atoms with Crippen LogP contribution in [0.4, 0.5) is 0 Å². The number of rotatable bonds is 17. The summed E-state index contributed by atoms with van der Waals surface area (Å²) in [6, 6.07) is 0. The number of aliphatic hydroxyl groups excluding tert-OH is 1. The van der Waals surface area contributed by atoms with Crippen LogP contribution in [0.15, 0.2) is 12.7 Å².